The van der Waals surface area contributed by atoms with Gasteiger partial charge in [0.2, 0.25) is 5.95 Å². The van der Waals surface area contributed by atoms with Crippen LogP contribution in [0.5, 0.6) is 0 Å². The summed E-state index contributed by atoms with van der Waals surface area (Å²) in [7, 11) is 3.17. The third kappa shape index (κ3) is 2.85. The first kappa shape index (κ1) is 17.8. The molecule has 3 heterocycles. The Morgan fingerprint density at radius 1 is 1.26 bits per heavy atom. The van der Waals surface area contributed by atoms with Crippen molar-refractivity contribution in [1.82, 2.24) is 18.7 Å². The molecule has 4 rings (SSSR count). The number of nitrogens with zero attached hydrogens (tertiary/aromatic N) is 5. The number of benzene rings is 1. The van der Waals surface area contributed by atoms with E-state index in [1.807, 2.05) is 33.7 Å². The molecule has 1 aliphatic heterocycles. The van der Waals surface area contributed by atoms with E-state index in [0.717, 1.165) is 18.7 Å². The number of imidazole rings is 1. The Morgan fingerprint density at radius 3 is 2.81 bits per heavy atom. The van der Waals surface area contributed by atoms with Gasteiger partial charge in [-0.1, -0.05) is 17.7 Å². The van der Waals surface area contributed by atoms with Crippen LogP contribution in [-0.2, 0) is 24.9 Å². The molecular weight excluding hydrogens is 370 g/mol. The predicted octanol–water partition coefficient (Wildman–Crippen LogP) is 1.74. The second kappa shape index (κ2) is 6.86. The minimum Gasteiger partial charge on any atom is -0.383 e. The largest absolute Gasteiger partial charge is 0.383 e. The van der Waals surface area contributed by atoms with E-state index < -0.39 is 5.69 Å². The van der Waals surface area contributed by atoms with Crippen molar-refractivity contribution in [3.05, 3.63) is 50.1 Å². The van der Waals surface area contributed by atoms with E-state index >= 15 is 0 Å². The van der Waals surface area contributed by atoms with E-state index in [4.69, 9.17) is 16.3 Å². The summed E-state index contributed by atoms with van der Waals surface area (Å²) in [6, 6.07) is 7.52. The van der Waals surface area contributed by atoms with Gasteiger partial charge in [-0.3, -0.25) is 13.9 Å². The van der Waals surface area contributed by atoms with Crippen LogP contribution in [0, 0.1) is 0 Å². The Morgan fingerprint density at radius 2 is 2.07 bits per heavy atom. The minimum atomic E-state index is -0.394. The maximum absolute atomic E-state index is 13.0. The van der Waals surface area contributed by atoms with E-state index in [1.54, 1.807) is 7.05 Å². The van der Waals surface area contributed by atoms with Crippen molar-refractivity contribution >= 4 is 34.4 Å². The van der Waals surface area contributed by atoms with E-state index in [2.05, 4.69) is 4.98 Å². The molecule has 8 nitrogen and oxygen atoms in total. The van der Waals surface area contributed by atoms with Crippen LogP contribution in [0.4, 0.5) is 11.6 Å². The molecule has 2 aromatic heterocycles. The Kier molecular flexibility index (Phi) is 4.53. The summed E-state index contributed by atoms with van der Waals surface area (Å²) < 4.78 is 9.56. The van der Waals surface area contributed by atoms with Crippen LogP contribution >= 0.6 is 11.6 Å². The van der Waals surface area contributed by atoms with Crippen LogP contribution in [0.1, 0.15) is 6.42 Å². The molecular formula is C18H20ClN5O3. The van der Waals surface area contributed by atoms with Crippen molar-refractivity contribution < 1.29 is 4.74 Å². The molecule has 0 bridgehead atoms. The zero-order valence-corrected chi connectivity index (χ0v) is 15.9. The number of ether oxygens (including phenoxy) is 1. The highest BCUT2D eigenvalue weighted by Gasteiger charge is 2.26. The average molecular weight is 390 g/mol. The first-order valence-corrected chi connectivity index (χ1v) is 9.13. The first-order valence-electron chi connectivity index (χ1n) is 8.75. The van der Waals surface area contributed by atoms with Gasteiger partial charge in [0.25, 0.3) is 5.56 Å². The Balaban J connectivity index is 1.95. The second-order valence-corrected chi connectivity index (χ2v) is 6.95. The van der Waals surface area contributed by atoms with Gasteiger partial charge in [-0.15, -0.1) is 0 Å². The summed E-state index contributed by atoms with van der Waals surface area (Å²) >= 11 is 6.15. The van der Waals surface area contributed by atoms with Gasteiger partial charge in [-0.2, -0.15) is 4.98 Å². The van der Waals surface area contributed by atoms with E-state index in [9.17, 15) is 9.59 Å². The van der Waals surface area contributed by atoms with E-state index in [-0.39, 0.29) is 18.7 Å². The lowest BCUT2D eigenvalue weighted by atomic mass is 10.2. The molecule has 27 heavy (non-hydrogen) atoms. The Bertz CT molecular complexity index is 1130. The molecule has 0 unspecified atom stereocenters. The van der Waals surface area contributed by atoms with Crippen LogP contribution < -0.4 is 16.1 Å². The number of methoxy groups -OCH3 is 1. The van der Waals surface area contributed by atoms with Crippen LogP contribution in [0.25, 0.3) is 11.2 Å². The Labute approximate surface area is 160 Å². The van der Waals surface area contributed by atoms with Crippen molar-refractivity contribution in [1.29, 1.82) is 0 Å². The maximum Gasteiger partial charge on any atom is 0.332 e. The van der Waals surface area contributed by atoms with Gasteiger partial charge < -0.3 is 14.2 Å². The normalized spacial score (nSPS) is 14.0. The lowest BCUT2D eigenvalue weighted by molar-refractivity contribution is 0.184. The molecule has 0 atom stereocenters. The molecule has 0 fully saturated rings. The molecule has 0 N–H and O–H groups in total. The van der Waals surface area contributed by atoms with Crippen molar-refractivity contribution in [3.8, 4) is 0 Å². The number of hydrogen-bond donors (Lipinski definition) is 0. The molecule has 9 heteroatoms. The lowest BCUT2D eigenvalue weighted by Gasteiger charge is -2.29. The zero-order chi connectivity index (χ0) is 19.1. The van der Waals surface area contributed by atoms with Crippen LogP contribution in [0.3, 0.4) is 0 Å². The number of halogens is 1. The average Bonchev–Trinajstić information content (AvgIpc) is 3.06. The molecule has 0 aliphatic carbocycles. The highest BCUT2D eigenvalue weighted by Crippen LogP contribution is 2.31. The zero-order valence-electron chi connectivity index (χ0n) is 15.2. The Hall–Kier alpha value is -2.58. The highest BCUT2D eigenvalue weighted by atomic mass is 35.5. The number of hydrogen-bond acceptors (Lipinski definition) is 5. The van der Waals surface area contributed by atoms with E-state index in [0.29, 0.717) is 28.7 Å². The van der Waals surface area contributed by atoms with Crippen molar-refractivity contribution in [2.24, 2.45) is 7.05 Å². The van der Waals surface area contributed by atoms with Crippen LogP contribution in [0.15, 0.2) is 33.9 Å². The fourth-order valence-corrected chi connectivity index (χ4v) is 3.72. The second-order valence-electron chi connectivity index (χ2n) is 6.51. The molecule has 0 saturated carbocycles. The lowest BCUT2D eigenvalue weighted by Crippen LogP contribution is -2.40. The standard InChI is InChI=1S/C18H20ClN5O3/c1-21-15-14(16(25)24(18(21)26)9-10-27-2)23-8-4-7-22(17(23)20-15)13-6-3-5-12(19)11-13/h3,5-6,11H,4,7-10H2,1-2H3. The first-order chi connectivity index (χ1) is 13.0. The molecule has 0 spiro atoms. The third-order valence-corrected chi connectivity index (χ3v) is 5.09. The number of rotatable bonds is 4. The monoisotopic (exact) mass is 389 g/mol. The van der Waals surface area contributed by atoms with Gasteiger partial charge in [0.05, 0.1) is 13.2 Å². The SMILES string of the molecule is COCCn1c(=O)c2c(nc3n2CCCN3c2cccc(Cl)c2)n(C)c1=O. The molecule has 1 aromatic carbocycles. The van der Waals surface area contributed by atoms with Gasteiger partial charge in [0, 0.05) is 38.0 Å². The fraction of sp³-hybridized carbons (Fsp3) is 0.389. The summed E-state index contributed by atoms with van der Waals surface area (Å²) in [4.78, 5) is 32.3. The smallest absolute Gasteiger partial charge is 0.332 e. The quantitative estimate of drug-likeness (QED) is 0.679. The van der Waals surface area contributed by atoms with Gasteiger partial charge in [0.1, 0.15) is 0 Å². The van der Waals surface area contributed by atoms with Crippen molar-refractivity contribution in [2.45, 2.75) is 19.5 Å². The molecule has 142 valence electrons. The summed E-state index contributed by atoms with van der Waals surface area (Å²) in [6.07, 6.45) is 0.853. The highest BCUT2D eigenvalue weighted by molar-refractivity contribution is 6.30. The summed E-state index contributed by atoms with van der Waals surface area (Å²) in [5.74, 6) is 0.648. The number of fused-ring (bicyclic) bond motifs is 3. The molecule has 1 aliphatic rings. The van der Waals surface area contributed by atoms with Crippen LogP contribution in [0.2, 0.25) is 5.02 Å². The topological polar surface area (TPSA) is 74.3 Å². The van der Waals surface area contributed by atoms with Gasteiger partial charge in [-0.25, -0.2) is 4.79 Å². The number of aryl methyl sites for hydroxylation is 2. The molecule has 0 radical (unpaired) electrons. The third-order valence-electron chi connectivity index (χ3n) is 4.86. The number of aromatic nitrogens is 4. The van der Waals surface area contributed by atoms with Gasteiger partial charge >= 0.3 is 5.69 Å². The summed E-state index contributed by atoms with van der Waals surface area (Å²) in [5.41, 5.74) is 1.01. The summed E-state index contributed by atoms with van der Waals surface area (Å²) in [6.45, 7) is 1.92. The predicted molar refractivity (Wildman–Crippen MR) is 104 cm³/mol. The minimum absolute atomic E-state index is 0.205. The number of anilines is 2. The van der Waals surface area contributed by atoms with Gasteiger partial charge in [0.15, 0.2) is 11.2 Å². The fourth-order valence-electron chi connectivity index (χ4n) is 3.53. The molecule has 0 amide bonds. The van der Waals surface area contributed by atoms with Crippen molar-refractivity contribution in [2.75, 3.05) is 25.2 Å². The molecule has 0 saturated heterocycles. The maximum atomic E-state index is 13.0. The summed E-state index contributed by atoms with van der Waals surface area (Å²) in [5, 5.41) is 0.634. The van der Waals surface area contributed by atoms with E-state index in [1.165, 1.54) is 16.2 Å². The van der Waals surface area contributed by atoms with Gasteiger partial charge in [-0.05, 0) is 24.6 Å². The van der Waals surface area contributed by atoms with Crippen molar-refractivity contribution in [3.63, 3.8) is 0 Å². The molecule has 3 aromatic rings. The van der Waals surface area contributed by atoms with Crippen LogP contribution in [-0.4, -0.2) is 38.9 Å².